The summed E-state index contributed by atoms with van der Waals surface area (Å²) in [6.07, 6.45) is 11.6. The number of nitrogens with zero attached hydrogens (tertiary/aromatic N) is 1. The van der Waals surface area contributed by atoms with E-state index in [-0.39, 0.29) is 11.2 Å². The van der Waals surface area contributed by atoms with E-state index in [0.717, 1.165) is 32.2 Å². The van der Waals surface area contributed by atoms with E-state index in [1.165, 1.54) is 25.7 Å². The van der Waals surface area contributed by atoms with Crippen molar-refractivity contribution < 1.29 is 4.79 Å². The zero-order chi connectivity index (χ0) is 22.5. The van der Waals surface area contributed by atoms with Gasteiger partial charge in [0.25, 0.3) is 0 Å². The fourth-order valence-corrected chi connectivity index (χ4v) is 3.61. The smallest absolute Gasteiger partial charge is 0.129 e. The second kappa shape index (κ2) is 14.0. The Kier molecular flexibility index (Phi) is 13.5. The van der Waals surface area contributed by atoms with Gasteiger partial charge >= 0.3 is 0 Å². The third-order valence-electron chi connectivity index (χ3n) is 6.41. The molecule has 0 saturated heterocycles. The van der Waals surface area contributed by atoms with Crippen LogP contribution < -0.4 is 0 Å². The second-order valence-electron chi connectivity index (χ2n) is 10.7. The van der Waals surface area contributed by atoms with Crippen LogP contribution in [0.3, 0.4) is 0 Å². The predicted molar refractivity (Wildman–Crippen MR) is 129 cm³/mol. The van der Waals surface area contributed by atoms with Crippen molar-refractivity contribution >= 4 is 5.78 Å². The first-order chi connectivity index (χ1) is 13.4. The highest BCUT2D eigenvalue weighted by molar-refractivity contribution is 5.75. The molecule has 0 aromatic carbocycles. The lowest BCUT2D eigenvalue weighted by Gasteiger charge is -2.31. The van der Waals surface area contributed by atoms with E-state index in [9.17, 15) is 4.79 Å². The Bertz CT molecular complexity index is 533. The summed E-state index contributed by atoms with van der Waals surface area (Å²) in [5.41, 5.74) is 0.507. The quantitative estimate of drug-likeness (QED) is 0.172. The van der Waals surface area contributed by atoms with Gasteiger partial charge in [0.2, 0.25) is 0 Å². The van der Waals surface area contributed by atoms with Crippen LogP contribution in [0.25, 0.3) is 0 Å². The molecular weight excluding hydrogens is 354 g/mol. The molecule has 0 amide bonds. The van der Waals surface area contributed by atoms with Gasteiger partial charge in [-0.25, -0.2) is 0 Å². The Hall–Kier alpha value is -1.07. The molecule has 0 aromatic heterocycles. The molecule has 0 radical (unpaired) electrons. The lowest BCUT2D eigenvalue weighted by atomic mass is 9.79. The van der Waals surface area contributed by atoms with Gasteiger partial charge in [0.05, 0.1) is 0 Å². The summed E-state index contributed by atoms with van der Waals surface area (Å²) >= 11 is 0. The standard InChI is InChI=1S/C27H49NO/c1-10-27(8,21-18-24(3)29)20-16-17-23(2)25(4)28(9)22-15-13-11-12-14-19-26(5,6)7/h10,23,25H,1,12,14-22H2,2-9H3. The molecule has 0 aromatic rings. The number of hydrogen-bond acceptors (Lipinski definition) is 2. The van der Waals surface area contributed by atoms with Crippen LogP contribution in [0, 0.1) is 28.6 Å². The Morgan fingerprint density at radius 1 is 1.03 bits per heavy atom. The van der Waals surface area contributed by atoms with Gasteiger partial charge in [0.1, 0.15) is 5.78 Å². The fraction of sp³-hybridized carbons (Fsp3) is 0.815. The van der Waals surface area contributed by atoms with E-state index in [2.05, 4.69) is 78.0 Å². The zero-order valence-electron chi connectivity index (χ0n) is 20.9. The molecule has 0 fully saturated rings. The lowest BCUT2D eigenvalue weighted by Crippen LogP contribution is -2.35. The monoisotopic (exact) mass is 403 g/mol. The van der Waals surface area contributed by atoms with E-state index in [0.29, 0.717) is 23.8 Å². The van der Waals surface area contributed by atoms with Crippen molar-refractivity contribution in [2.45, 2.75) is 112 Å². The molecule has 0 saturated carbocycles. The number of carbonyl (C=O) groups is 1. The molecule has 0 heterocycles. The van der Waals surface area contributed by atoms with Gasteiger partial charge in [-0.05, 0) is 69.7 Å². The number of ketones is 1. The van der Waals surface area contributed by atoms with Crippen LogP contribution in [0.15, 0.2) is 12.7 Å². The minimum atomic E-state index is 0.0864. The van der Waals surface area contributed by atoms with Gasteiger partial charge in [-0.1, -0.05) is 47.1 Å². The summed E-state index contributed by atoms with van der Waals surface area (Å²) < 4.78 is 0. The predicted octanol–water partition coefficient (Wildman–Crippen LogP) is 7.28. The van der Waals surface area contributed by atoms with Crippen LogP contribution in [-0.4, -0.2) is 30.3 Å². The van der Waals surface area contributed by atoms with Crippen molar-refractivity contribution in [3.8, 4) is 11.8 Å². The van der Waals surface area contributed by atoms with Crippen molar-refractivity contribution in [1.29, 1.82) is 0 Å². The number of carbonyl (C=O) groups excluding carboxylic acids is 1. The molecule has 2 nitrogen and oxygen atoms in total. The molecule has 3 unspecified atom stereocenters. The van der Waals surface area contributed by atoms with Crippen LogP contribution >= 0.6 is 0 Å². The van der Waals surface area contributed by atoms with Crippen molar-refractivity contribution in [1.82, 2.24) is 4.90 Å². The fourth-order valence-electron chi connectivity index (χ4n) is 3.61. The van der Waals surface area contributed by atoms with Crippen LogP contribution in [0.2, 0.25) is 0 Å². The number of Topliss-reactive ketones (excluding diaryl/α,β-unsaturated/α-hetero) is 1. The molecule has 29 heavy (non-hydrogen) atoms. The van der Waals surface area contributed by atoms with E-state index < -0.39 is 0 Å². The topological polar surface area (TPSA) is 20.3 Å². The molecule has 0 spiro atoms. The Morgan fingerprint density at radius 3 is 2.21 bits per heavy atom. The Morgan fingerprint density at radius 2 is 1.66 bits per heavy atom. The van der Waals surface area contributed by atoms with Crippen LogP contribution in [-0.2, 0) is 4.79 Å². The SMILES string of the molecule is C=CC(C)(CCCC(C)C(C)N(C)CCC#CCCCC(C)(C)C)CCC(C)=O. The van der Waals surface area contributed by atoms with Gasteiger partial charge < -0.3 is 9.69 Å². The van der Waals surface area contributed by atoms with Gasteiger partial charge in [0, 0.05) is 31.8 Å². The van der Waals surface area contributed by atoms with Crippen molar-refractivity contribution in [2.75, 3.05) is 13.6 Å². The highest BCUT2D eigenvalue weighted by Crippen LogP contribution is 2.32. The van der Waals surface area contributed by atoms with Crippen LogP contribution in [0.1, 0.15) is 106 Å². The highest BCUT2D eigenvalue weighted by Gasteiger charge is 2.22. The maximum absolute atomic E-state index is 11.3. The summed E-state index contributed by atoms with van der Waals surface area (Å²) in [5.74, 6) is 7.64. The molecular formula is C27H49NO. The third kappa shape index (κ3) is 14.5. The summed E-state index contributed by atoms with van der Waals surface area (Å²) in [6, 6.07) is 0.560. The van der Waals surface area contributed by atoms with Gasteiger partial charge in [-0.3, -0.25) is 0 Å². The summed E-state index contributed by atoms with van der Waals surface area (Å²) in [6.45, 7) is 20.6. The molecule has 0 rings (SSSR count). The number of unbranched alkanes of at least 4 members (excludes halogenated alkanes) is 1. The molecule has 0 bridgehead atoms. The minimum absolute atomic E-state index is 0.0864. The molecule has 0 N–H and O–H groups in total. The van der Waals surface area contributed by atoms with E-state index in [1.54, 1.807) is 6.92 Å². The van der Waals surface area contributed by atoms with Crippen molar-refractivity contribution in [3.63, 3.8) is 0 Å². The largest absolute Gasteiger partial charge is 0.302 e. The number of allylic oxidation sites excluding steroid dienone is 1. The minimum Gasteiger partial charge on any atom is -0.302 e. The molecule has 0 aliphatic rings. The second-order valence-corrected chi connectivity index (χ2v) is 10.7. The zero-order valence-corrected chi connectivity index (χ0v) is 20.9. The molecule has 3 atom stereocenters. The van der Waals surface area contributed by atoms with Gasteiger partial charge in [-0.2, -0.15) is 0 Å². The number of rotatable bonds is 14. The lowest BCUT2D eigenvalue weighted by molar-refractivity contribution is -0.117. The van der Waals surface area contributed by atoms with Crippen LogP contribution in [0.5, 0.6) is 0 Å². The summed E-state index contributed by atoms with van der Waals surface area (Å²) in [7, 11) is 2.23. The van der Waals surface area contributed by atoms with E-state index in [1.807, 2.05) is 0 Å². The Labute approximate surface area is 182 Å². The Balaban J connectivity index is 4.17. The van der Waals surface area contributed by atoms with Gasteiger partial charge in [-0.15, -0.1) is 18.4 Å². The molecule has 168 valence electrons. The molecule has 0 aliphatic heterocycles. The average Bonchev–Trinajstić information content (AvgIpc) is 2.63. The first-order valence-electron chi connectivity index (χ1n) is 11.7. The maximum atomic E-state index is 11.3. The van der Waals surface area contributed by atoms with Crippen molar-refractivity contribution in [3.05, 3.63) is 12.7 Å². The highest BCUT2D eigenvalue weighted by atomic mass is 16.1. The van der Waals surface area contributed by atoms with E-state index in [4.69, 9.17) is 0 Å². The third-order valence-corrected chi connectivity index (χ3v) is 6.41. The normalized spacial score (nSPS) is 15.9. The van der Waals surface area contributed by atoms with Crippen LogP contribution in [0.4, 0.5) is 0 Å². The summed E-state index contributed by atoms with van der Waals surface area (Å²) in [4.78, 5) is 13.8. The van der Waals surface area contributed by atoms with E-state index >= 15 is 0 Å². The number of hydrogen-bond donors (Lipinski definition) is 0. The molecule has 2 heteroatoms. The first kappa shape index (κ1) is 27.9. The van der Waals surface area contributed by atoms with Crippen molar-refractivity contribution in [2.24, 2.45) is 16.7 Å². The average molecular weight is 404 g/mol. The maximum Gasteiger partial charge on any atom is 0.129 e. The van der Waals surface area contributed by atoms with Gasteiger partial charge in [0.15, 0.2) is 0 Å². The first-order valence-corrected chi connectivity index (χ1v) is 11.7. The summed E-state index contributed by atoms with van der Waals surface area (Å²) in [5, 5.41) is 0. The molecule has 0 aliphatic carbocycles.